The van der Waals surface area contributed by atoms with Crippen LogP contribution in [0.5, 0.6) is 0 Å². The third-order valence-corrected chi connectivity index (χ3v) is 3.06. The third-order valence-electron chi connectivity index (χ3n) is 3.06. The molecule has 0 saturated carbocycles. The zero-order chi connectivity index (χ0) is 13.8. The molecule has 0 fully saturated rings. The van der Waals surface area contributed by atoms with Crippen molar-refractivity contribution in [1.29, 1.82) is 0 Å². The maximum absolute atomic E-state index is 11.8. The van der Waals surface area contributed by atoms with Gasteiger partial charge in [0.2, 0.25) is 0 Å². The average molecular weight is 264 g/mol. The van der Waals surface area contributed by atoms with E-state index in [0.717, 1.165) is 19.3 Å². The van der Waals surface area contributed by atoms with E-state index >= 15 is 0 Å². The summed E-state index contributed by atoms with van der Waals surface area (Å²) in [6.07, 6.45) is 2.37. The second kappa shape index (κ2) is 5.71. The highest BCUT2D eigenvalue weighted by Crippen LogP contribution is 2.13. The highest BCUT2D eigenvalue weighted by Gasteiger charge is 2.09. The number of unbranched alkanes of at least 4 members (excludes halogenated alkanes) is 2. The Morgan fingerprint density at radius 2 is 2.05 bits per heavy atom. The second-order valence-electron chi connectivity index (χ2n) is 4.40. The van der Waals surface area contributed by atoms with Gasteiger partial charge in [0, 0.05) is 13.2 Å². The van der Waals surface area contributed by atoms with E-state index < -0.39 is 5.97 Å². The van der Waals surface area contributed by atoms with E-state index in [0.29, 0.717) is 17.6 Å². The van der Waals surface area contributed by atoms with Gasteiger partial charge in [-0.15, -0.1) is 0 Å². The minimum atomic E-state index is -1.02. The summed E-state index contributed by atoms with van der Waals surface area (Å²) in [5.74, 6) is -1.02. The fourth-order valence-corrected chi connectivity index (χ4v) is 2.08. The molecule has 2 rings (SSSR count). The van der Waals surface area contributed by atoms with Crippen molar-refractivity contribution >= 4 is 17.0 Å². The van der Waals surface area contributed by atoms with E-state index in [1.54, 1.807) is 10.6 Å². The van der Waals surface area contributed by atoms with Crippen molar-refractivity contribution in [3.05, 3.63) is 34.2 Å². The van der Waals surface area contributed by atoms with Crippen molar-refractivity contribution in [2.45, 2.75) is 25.8 Å². The van der Waals surface area contributed by atoms with Crippen LogP contribution >= 0.6 is 0 Å². The number of carboxylic acid groups (broad SMARTS) is 1. The summed E-state index contributed by atoms with van der Waals surface area (Å²) in [7, 11) is 0. The number of hydrogen-bond acceptors (Lipinski definition) is 3. The maximum Gasteiger partial charge on any atom is 0.335 e. The number of aliphatic hydroxyl groups is 1. The number of aryl methyl sites for hydroxylation is 1. The van der Waals surface area contributed by atoms with Gasteiger partial charge in [0.25, 0.3) is 0 Å². The summed E-state index contributed by atoms with van der Waals surface area (Å²) in [6, 6.07) is 4.59. The van der Waals surface area contributed by atoms with Crippen LogP contribution in [-0.4, -0.2) is 32.3 Å². The van der Waals surface area contributed by atoms with Gasteiger partial charge in [-0.1, -0.05) is 0 Å². The Labute approximate surface area is 109 Å². The van der Waals surface area contributed by atoms with E-state index in [4.69, 9.17) is 10.2 Å². The van der Waals surface area contributed by atoms with Crippen LogP contribution in [0.15, 0.2) is 23.0 Å². The van der Waals surface area contributed by atoms with Crippen LogP contribution < -0.4 is 5.69 Å². The van der Waals surface area contributed by atoms with Crippen molar-refractivity contribution in [2.75, 3.05) is 6.61 Å². The van der Waals surface area contributed by atoms with Gasteiger partial charge in [-0.3, -0.25) is 4.57 Å². The van der Waals surface area contributed by atoms with Crippen molar-refractivity contribution < 1.29 is 15.0 Å². The molecule has 3 N–H and O–H groups in total. The zero-order valence-electron chi connectivity index (χ0n) is 10.4. The van der Waals surface area contributed by atoms with Gasteiger partial charge in [-0.05, 0) is 37.5 Å². The van der Waals surface area contributed by atoms with Crippen LogP contribution in [0.1, 0.15) is 29.6 Å². The Morgan fingerprint density at radius 1 is 1.26 bits per heavy atom. The van der Waals surface area contributed by atoms with Crippen LogP contribution in [0.25, 0.3) is 11.0 Å². The summed E-state index contributed by atoms with van der Waals surface area (Å²) >= 11 is 0. The lowest BCUT2D eigenvalue weighted by Gasteiger charge is -2.03. The number of aromatic amines is 1. The smallest absolute Gasteiger partial charge is 0.335 e. The Kier molecular flexibility index (Phi) is 4.01. The molecule has 2 aromatic rings. The molecule has 0 atom stereocenters. The molecule has 1 heterocycles. The normalized spacial score (nSPS) is 11.0. The molecule has 0 aliphatic heterocycles. The Hall–Kier alpha value is -2.08. The number of benzene rings is 1. The summed E-state index contributed by atoms with van der Waals surface area (Å²) in [5.41, 5.74) is 1.16. The Balaban J connectivity index is 2.27. The van der Waals surface area contributed by atoms with Crippen molar-refractivity contribution in [2.24, 2.45) is 0 Å². The second-order valence-corrected chi connectivity index (χ2v) is 4.40. The lowest BCUT2D eigenvalue weighted by atomic mass is 10.2. The predicted octanol–water partition coefficient (Wildman–Crippen LogP) is 1.19. The van der Waals surface area contributed by atoms with E-state index in [-0.39, 0.29) is 17.9 Å². The number of imidazole rings is 1. The molecule has 0 aliphatic carbocycles. The number of carboxylic acids is 1. The number of rotatable bonds is 6. The fraction of sp³-hybridized carbons (Fsp3) is 0.385. The maximum atomic E-state index is 11.8. The number of fused-ring (bicyclic) bond motifs is 1. The summed E-state index contributed by atoms with van der Waals surface area (Å²) < 4.78 is 1.60. The molecule has 6 nitrogen and oxygen atoms in total. The van der Waals surface area contributed by atoms with Gasteiger partial charge in [-0.2, -0.15) is 0 Å². The Morgan fingerprint density at radius 3 is 2.74 bits per heavy atom. The van der Waals surface area contributed by atoms with Crippen molar-refractivity contribution in [3.63, 3.8) is 0 Å². The minimum Gasteiger partial charge on any atom is -0.478 e. The van der Waals surface area contributed by atoms with Crippen LogP contribution in [0.3, 0.4) is 0 Å². The standard InChI is InChI=1S/C13H16N2O4/c16-7-3-1-2-6-15-11-5-4-9(12(17)18)8-10(11)14-13(15)19/h4-5,8,16H,1-3,6-7H2,(H,14,19)(H,17,18). The molecule has 0 amide bonds. The largest absolute Gasteiger partial charge is 0.478 e. The molecule has 0 spiro atoms. The molecular weight excluding hydrogens is 248 g/mol. The minimum absolute atomic E-state index is 0.154. The number of aromatic carboxylic acids is 1. The van der Waals surface area contributed by atoms with Gasteiger partial charge in [-0.25, -0.2) is 9.59 Å². The molecule has 0 aliphatic rings. The molecule has 0 unspecified atom stereocenters. The van der Waals surface area contributed by atoms with E-state index in [1.165, 1.54) is 12.1 Å². The molecule has 0 saturated heterocycles. The van der Waals surface area contributed by atoms with Gasteiger partial charge in [0.05, 0.1) is 16.6 Å². The highest BCUT2D eigenvalue weighted by atomic mass is 16.4. The van der Waals surface area contributed by atoms with Gasteiger partial charge >= 0.3 is 11.7 Å². The molecule has 0 bridgehead atoms. The number of H-pyrrole nitrogens is 1. The number of nitrogens with zero attached hydrogens (tertiary/aromatic N) is 1. The lowest BCUT2D eigenvalue weighted by Crippen LogP contribution is -2.16. The first-order chi connectivity index (χ1) is 9.13. The quantitative estimate of drug-likeness (QED) is 0.683. The number of aromatic nitrogens is 2. The summed E-state index contributed by atoms with van der Waals surface area (Å²) in [5, 5.41) is 17.6. The topological polar surface area (TPSA) is 95.3 Å². The zero-order valence-corrected chi connectivity index (χ0v) is 10.4. The van der Waals surface area contributed by atoms with E-state index in [1.807, 2.05) is 0 Å². The lowest BCUT2D eigenvalue weighted by molar-refractivity contribution is 0.0697. The first-order valence-electron chi connectivity index (χ1n) is 6.20. The van der Waals surface area contributed by atoms with Crippen molar-refractivity contribution in [3.8, 4) is 0 Å². The van der Waals surface area contributed by atoms with Crippen molar-refractivity contribution in [1.82, 2.24) is 9.55 Å². The summed E-state index contributed by atoms with van der Waals surface area (Å²) in [6.45, 7) is 0.718. The van der Waals surface area contributed by atoms with Crippen LogP contribution in [0.4, 0.5) is 0 Å². The van der Waals surface area contributed by atoms with Crippen LogP contribution in [0.2, 0.25) is 0 Å². The Bertz CT molecular complexity index is 642. The third kappa shape index (κ3) is 2.85. The van der Waals surface area contributed by atoms with Gasteiger partial charge < -0.3 is 15.2 Å². The highest BCUT2D eigenvalue weighted by molar-refractivity contribution is 5.92. The SMILES string of the molecule is O=C(O)c1ccc2c(c1)[nH]c(=O)n2CCCCCO. The molecule has 19 heavy (non-hydrogen) atoms. The first kappa shape index (κ1) is 13.4. The van der Waals surface area contributed by atoms with E-state index in [9.17, 15) is 9.59 Å². The predicted molar refractivity (Wildman–Crippen MR) is 70.5 cm³/mol. The van der Waals surface area contributed by atoms with Gasteiger partial charge in [0.15, 0.2) is 0 Å². The molecule has 0 radical (unpaired) electrons. The average Bonchev–Trinajstić information content (AvgIpc) is 2.69. The first-order valence-corrected chi connectivity index (χ1v) is 6.20. The number of nitrogens with one attached hydrogen (secondary N) is 1. The monoisotopic (exact) mass is 264 g/mol. The molecular formula is C13H16N2O4. The van der Waals surface area contributed by atoms with E-state index in [2.05, 4.69) is 4.98 Å². The molecule has 1 aromatic carbocycles. The molecule has 6 heteroatoms. The molecule has 102 valence electrons. The molecule has 1 aromatic heterocycles. The fourth-order valence-electron chi connectivity index (χ4n) is 2.08. The number of aliphatic hydroxyl groups excluding tert-OH is 1. The van der Waals surface area contributed by atoms with Gasteiger partial charge in [0.1, 0.15) is 0 Å². The number of hydrogen-bond donors (Lipinski definition) is 3. The van der Waals surface area contributed by atoms with Crippen LogP contribution in [-0.2, 0) is 6.54 Å². The number of carbonyl (C=O) groups is 1. The van der Waals surface area contributed by atoms with Crippen LogP contribution in [0, 0.1) is 0 Å². The summed E-state index contributed by atoms with van der Waals surface area (Å²) in [4.78, 5) is 25.3.